The van der Waals surface area contributed by atoms with Crippen LogP contribution in [0.5, 0.6) is 5.75 Å². The second kappa shape index (κ2) is 8.97. The number of fused-ring (bicyclic) bond motifs is 1. The van der Waals surface area contributed by atoms with Crippen LogP contribution in [0.3, 0.4) is 0 Å². The number of carbonyl (C=O) groups is 1. The van der Waals surface area contributed by atoms with Crippen LogP contribution < -0.4 is 4.74 Å². The van der Waals surface area contributed by atoms with E-state index in [1.807, 2.05) is 71.6 Å². The topological polar surface area (TPSA) is 46.8 Å². The van der Waals surface area contributed by atoms with Gasteiger partial charge < -0.3 is 14.0 Å². The number of amides is 1. The van der Waals surface area contributed by atoms with E-state index in [-0.39, 0.29) is 5.91 Å². The third kappa shape index (κ3) is 4.60. The van der Waals surface area contributed by atoms with E-state index in [1.54, 1.807) is 28.4 Å². The molecule has 0 aliphatic carbocycles. The highest BCUT2D eigenvalue weighted by atomic mass is 32.1. The molecule has 0 unspecified atom stereocenters. The van der Waals surface area contributed by atoms with E-state index in [1.165, 1.54) is 5.56 Å². The minimum absolute atomic E-state index is 0.0445. The summed E-state index contributed by atoms with van der Waals surface area (Å²) < 4.78 is 7.92. The fourth-order valence-corrected chi connectivity index (χ4v) is 3.97. The van der Waals surface area contributed by atoms with Crippen LogP contribution in [0.15, 0.2) is 79.0 Å². The predicted molar refractivity (Wildman–Crippen MR) is 120 cm³/mol. The molecule has 0 saturated heterocycles. The SMILES string of the molecule is C=CCN(Cc1cccs1)C(=O)c1cccc(OCc2cn3cc(C)ccc3n2)c1. The van der Waals surface area contributed by atoms with E-state index >= 15 is 0 Å². The first-order valence-electron chi connectivity index (χ1n) is 9.72. The van der Waals surface area contributed by atoms with Crippen molar-refractivity contribution in [2.24, 2.45) is 0 Å². The van der Waals surface area contributed by atoms with Crippen LogP contribution in [0, 0.1) is 6.92 Å². The average Bonchev–Trinajstić information content (AvgIpc) is 3.40. The molecule has 0 aliphatic heterocycles. The second-order valence-electron chi connectivity index (χ2n) is 7.07. The number of thiophene rings is 1. The summed E-state index contributed by atoms with van der Waals surface area (Å²) in [6.07, 6.45) is 5.74. The van der Waals surface area contributed by atoms with Gasteiger partial charge in [-0.2, -0.15) is 0 Å². The Hall–Kier alpha value is -3.38. The molecular formula is C24H23N3O2S. The molecule has 1 amide bonds. The first kappa shape index (κ1) is 19.9. The molecule has 30 heavy (non-hydrogen) atoms. The largest absolute Gasteiger partial charge is 0.487 e. The fourth-order valence-electron chi connectivity index (χ4n) is 3.25. The number of hydrogen-bond donors (Lipinski definition) is 0. The molecule has 0 fully saturated rings. The number of carbonyl (C=O) groups excluding carboxylic acids is 1. The van der Waals surface area contributed by atoms with E-state index in [2.05, 4.69) is 11.6 Å². The molecule has 0 radical (unpaired) electrons. The van der Waals surface area contributed by atoms with Crippen LogP contribution in [0.2, 0.25) is 0 Å². The smallest absolute Gasteiger partial charge is 0.254 e. The summed E-state index contributed by atoms with van der Waals surface area (Å²) in [6, 6.07) is 15.3. The van der Waals surface area contributed by atoms with Gasteiger partial charge in [0, 0.05) is 29.4 Å². The van der Waals surface area contributed by atoms with Gasteiger partial charge >= 0.3 is 0 Å². The van der Waals surface area contributed by atoms with E-state index in [0.717, 1.165) is 16.2 Å². The lowest BCUT2D eigenvalue weighted by Crippen LogP contribution is -2.30. The molecule has 3 heterocycles. The zero-order valence-electron chi connectivity index (χ0n) is 16.8. The molecule has 1 aromatic carbocycles. The number of rotatable bonds is 8. The number of ether oxygens (including phenoxy) is 1. The summed E-state index contributed by atoms with van der Waals surface area (Å²) in [6.45, 7) is 7.22. The third-order valence-corrected chi connectivity index (χ3v) is 5.54. The highest BCUT2D eigenvalue weighted by molar-refractivity contribution is 7.09. The van der Waals surface area contributed by atoms with Gasteiger partial charge in [0.05, 0.1) is 12.2 Å². The van der Waals surface area contributed by atoms with Crippen LogP contribution >= 0.6 is 11.3 Å². The Kier molecular flexibility index (Phi) is 5.95. The maximum Gasteiger partial charge on any atom is 0.254 e. The Bertz CT molecular complexity index is 1160. The van der Waals surface area contributed by atoms with Crippen LogP contribution in [0.1, 0.15) is 26.5 Å². The molecule has 0 aliphatic rings. The van der Waals surface area contributed by atoms with Gasteiger partial charge in [0.2, 0.25) is 0 Å². The molecule has 0 saturated carbocycles. The number of aryl methyl sites for hydroxylation is 1. The summed E-state index contributed by atoms with van der Waals surface area (Å²) in [7, 11) is 0. The number of imidazole rings is 1. The summed E-state index contributed by atoms with van der Waals surface area (Å²) in [5.74, 6) is 0.598. The molecule has 4 aromatic rings. The lowest BCUT2D eigenvalue weighted by molar-refractivity contribution is 0.0763. The highest BCUT2D eigenvalue weighted by Gasteiger charge is 2.16. The third-order valence-electron chi connectivity index (χ3n) is 4.68. The van der Waals surface area contributed by atoms with Crippen LogP contribution in [-0.2, 0) is 13.2 Å². The molecule has 5 nitrogen and oxygen atoms in total. The van der Waals surface area contributed by atoms with Crippen molar-refractivity contribution in [1.29, 1.82) is 0 Å². The zero-order chi connectivity index (χ0) is 20.9. The molecule has 152 valence electrons. The Labute approximate surface area is 179 Å². The van der Waals surface area contributed by atoms with Crippen LogP contribution in [-0.4, -0.2) is 26.7 Å². The van der Waals surface area contributed by atoms with Gasteiger partial charge in [-0.25, -0.2) is 4.98 Å². The quantitative estimate of drug-likeness (QED) is 0.374. The van der Waals surface area contributed by atoms with Gasteiger partial charge in [0.1, 0.15) is 18.0 Å². The normalized spacial score (nSPS) is 10.8. The van der Waals surface area contributed by atoms with Crippen molar-refractivity contribution >= 4 is 22.9 Å². The fraction of sp³-hybridized carbons (Fsp3) is 0.167. The zero-order valence-corrected chi connectivity index (χ0v) is 17.6. The highest BCUT2D eigenvalue weighted by Crippen LogP contribution is 2.19. The summed E-state index contributed by atoms with van der Waals surface area (Å²) >= 11 is 1.64. The van der Waals surface area contributed by atoms with Gasteiger partial charge in [0.15, 0.2) is 0 Å². The molecular weight excluding hydrogens is 394 g/mol. The molecule has 0 bridgehead atoms. The lowest BCUT2D eigenvalue weighted by atomic mass is 10.2. The van der Waals surface area contributed by atoms with Crippen molar-refractivity contribution in [3.8, 4) is 5.75 Å². The van der Waals surface area contributed by atoms with Crippen LogP contribution in [0.25, 0.3) is 5.65 Å². The van der Waals surface area contributed by atoms with Crippen molar-refractivity contribution in [1.82, 2.24) is 14.3 Å². The van der Waals surface area contributed by atoms with E-state index in [0.29, 0.717) is 31.0 Å². The van der Waals surface area contributed by atoms with E-state index in [4.69, 9.17) is 4.74 Å². The number of benzene rings is 1. The van der Waals surface area contributed by atoms with Crippen molar-refractivity contribution in [3.05, 3.63) is 101 Å². The van der Waals surface area contributed by atoms with Gasteiger partial charge in [-0.05, 0) is 48.2 Å². The van der Waals surface area contributed by atoms with E-state index in [9.17, 15) is 4.79 Å². The Balaban J connectivity index is 1.46. The minimum Gasteiger partial charge on any atom is -0.487 e. The van der Waals surface area contributed by atoms with Crippen molar-refractivity contribution < 1.29 is 9.53 Å². The number of aromatic nitrogens is 2. The summed E-state index contributed by atoms with van der Waals surface area (Å²) in [5.41, 5.74) is 3.49. The first-order valence-corrected chi connectivity index (χ1v) is 10.6. The average molecular weight is 418 g/mol. The standard InChI is InChI=1S/C24H23N3O2S/c1-3-11-26(16-22-8-5-12-30-22)24(28)19-6-4-7-21(13-19)29-17-20-15-27-14-18(2)9-10-23(27)25-20/h3-10,12-15H,1,11,16-17H2,2H3. The summed E-state index contributed by atoms with van der Waals surface area (Å²) in [5, 5.41) is 2.01. The summed E-state index contributed by atoms with van der Waals surface area (Å²) in [4.78, 5) is 20.5. The minimum atomic E-state index is -0.0445. The predicted octanol–water partition coefficient (Wildman–Crippen LogP) is 5.11. The monoisotopic (exact) mass is 417 g/mol. The van der Waals surface area contributed by atoms with Crippen LogP contribution in [0.4, 0.5) is 0 Å². The Morgan fingerprint density at radius 3 is 2.93 bits per heavy atom. The molecule has 0 N–H and O–H groups in total. The lowest BCUT2D eigenvalue weighted by Gasteiger charge is -2.20. The molecule has 0 atom stereocenters. The number of hydrogen-bond acceptors (Lipinski definition) is 4. The molecule has 4 rings (SSSR count). The Morgan fingerprint density at radius 1 is 1.23 bits per heavy atom. The van der Waals surface area contributed by atoms with Gasteiger partial charge in [0.25, 0.3) is 5.91 Å². The van der Waals surface area contributed by atoms with Crippen molar-refractivity contribution in [2.75, 3.05) is 6.54 Å². The second-order valence-corrected chi connectivity index (χ2v) is 8.11. The van der Waals surface area contributed by atoms with Gasteiger partial charge in [-0.1, -0.05) is 24.3 Å². The maximum absolute atomic E-state index is 13.0. The maximum atomic E-state index is 13.0. The Morgan fingerprint density at radius 2 is 2.13 bits per heavy atom. The van der Waals surface area contributed by atoms with Crippen molar-refractivity contribution in [2.45, 2.75) is 20.1 Å². The van der Waals surface area contributed by atoms with Crippen molar-refractivity contribution in [3.63, 3.8) is 0 Å². The number of pyridine rings is 1. The van der Waals surface area contributed by atoms with Gasteiger partial charge in [-0.3, -0.25) is 4.79 Å². The first-order chi connectivity index (χ1) is 14.6. The number of nitrogens with zero attached hydrogens (tertiary/aromatic N) is 3. The molecule has 6 heteroatoms. The van der Waals surface area contributed by atoms with Gasteiger partial charge in [-0.15, -0.1) is 17.9 Å². The molecule has 3 aromatic heterocycles. The molecule has 0 spiro atoms. The van der Waals surface area contributed by atoms with E-state index < -0.39 is 0 Å².